The van der Waals surface area contributed by atoms with Crippen LogP contribution in [0.3, 0.4) is 0 Å². The molecule has 0 saturated carbocycles. The average Bonchev–Trinajstić information content (AvgIpc) is 3.36. The van der Waals surface area contributed by atoms with E-state index in [0.717, 1.165) is 92.3 Å². The van der Waals surface area contributed by atoms with E-state index in [1.165, 1.54) is 5.56 Å². The minimum Gasteiger partial charge on any atom is -0.480 e. The first-order valence-corrected chi connectivity index (χ1v) is 15.4. The van der Waals surface area contributed by atoms with E-state index in [9.17, 15) is 9.90 Å². The summed E-state index contributed by atoms with van der Waals surface area (Å²) >= 11 is 0. The number of unbranched alkanes of at least 4 members (excludes halogenated alkanes) is 1. The molecule has 3 aromatic heterocycles. The average molecular weight is 582 g/mol. The summed E-state index contributed by atoms with van der Waals surface area (Å²) in [6.07, 6.45) is 7.48. The van der Waals surface area contributed by atoms with Crippen molar-refractivity contribution in [1.82, 2.24) is 24.6 Å². The number of aliphatic carboxylic acids is 1. The van der Waals surface area contributed by atoms with Crippen LogP contribution < -0.4 is 10.6 Å². The molecule has 4 aromatic rings. The Balaban J connectivity index is 1.17. The fourth-order valence-corrected chi connectivity index (χ4v) is 5.65. The predicted molar refractivity (Wildman–Crippen MR) is 171 cm³/mol. The van der Waals surface area contributed by atoms with Crippen molar-refractivity contribution in [3.63, 3.8) is 0 Å². The van der Waals surface area contributed by atoms with Crippen molar-refractivity contribution in [2.24, 2.45) is 0 Å². The number of nitrogens with zero attached hydrogens (tertiary/aromatic N) is 5. The smallest absolute Gasteiger partial charge is 0.326 e. The first kappa shape index (κ1) is 30.2. The van der Waals surface area contributed by atoms with E-state index in [0.29, 0.717) is 18.8 Å². The standard InChI is InChI=1S/C34H43N7O2/c1-25-23-26(2)41(39-25)22-21-40(19-7-6-12-30-15-13-28-11-8-18-35-33(28)37-30)20-17-31(34(42)43)38-32-16-14-29(24-36-32)27-9-4-3-5-10-27/h3-5,9-10,13-16,23-24,31H,6-8,11-12,17-22H2,1-2H3,(H,35,37)(H,36,38)(H,42,43). The maximum Gasteiger partial charge on any atom is 0.326 e. The number of aryl methyl sites for hydroxylation is 4. The van der Waals surface area contributed by atoms with Crippen molar-refractivity contribution in [3.05, 3.63) is 89.5 Å². The Morgan fingerprint density at radius 1 is 1.05 bits per heavy atom. The number of hydrogen-bond donors (Lipinski definition) is 3. The van der Waals surface area contributed by atoms with Gasteiger partial charge in [-0.25, -0.2) is 14.8 Å². The number of nitrogens with one attached hydrogen (secondary N) is 2. The highest BCUT2D eigenvalue weighted by Crippen LogP contribution is 2.21. The van der Waals surface area contributed by atoms with Gasteiger partial charge in [-0.05, 0) is 94.3 Å². The zero-order valence-electron chi connectivity index (χ0n) is 25.3. The van der Waals surface area contributed by atoms with Crippen molar-refractivity contribution in [1.29, 1.82) is 0 Å². The lowest BCUT2D eigenvalue weighted by Crippen LogP contribution is -2.37. The van der Waals surface area contributed by atoms with Gasteiger partial charge in [0.1, 0.15) is 17.7 Å². The minimum absolute atomic E-state index is 0.465. The Morgan fingerprint density at radius 2 is 1.91 bits per heavy atom. The Morgan fingerprint density at radius 3 is 2.65 bits per heavy atom. The Labute approximate surface area is 254 Å². The molecule has 0 aliphatic carbocycles. The summed E-state index contributed by atoms with van der Waals surface area (Å²) < 4.78 is 2.04. The lowest BCUT2D eigenvalue weighted by molar-refractivity contribution is -0.138. The second-order valence-corrected chi connectivity index (χ2v) is 11.4. The number of carboxylic acids is 1. The zero-order chi connectivity index (χ0) is 30.0. The molecule has 1 aliphatic heterocycles. The zero-order valence-corrected chi connectivity index (χ0v) is 25.3. The van der Waals surface area contributed by atoms with Crippen LogP contribution in [0.4, 0.5) is 11.6 Å². The van der Waals surface area contributed by atoms with Crippen molar-refractivity contribution >= 4 is 17.6 Å². The van der Waals surface area contributed by atoms with E-state index in [-0.39, 0.29) is 0 Å². The number of benzene rings is 1. The first-order valence-electron chi connectivity index (χ1n) is 15.4. The molecule has 4 heterocycles. The molecule has 9 nitrogen and oxygen atoms in total. The largest absolute Gasteiger partial charge is 0.480 e. The molecule has 226 valence electrons. The topological polar surface area (TPSA) is 108 Å². The van der Waals surface area contributed by atoms with Crippen LogP contribution in [0.25, 0.3) is 11.1 Å². The maximum atomic E-state index is 12.2. The van der Waals surface area contributed by atoms with Crippen molar-refractivity contribution in [2.45, 2.75) is 65.0 Å². The summed E-state index contributed by atoms with van der Waals surface area (Å²) in [5.41, 5.74) is 6.66. The molecule has 3 N–H and O–H groups in total. The van der Waals surface area contributed by atoms with Gasteiger partial charge in [-0.3, -0.25) is 4.68 Å². The number of aromatic nitrogens is 4. The first-order chi connectivity index (χ1) is 20.9. The van der Waals surface area contributed by atoms with Gasteiger partial charge >= 0.3 is 5.97 Å². The number of anilines is 2. The van der Waals surface area contributed by atoms with Crippen molar-refractivity contribution in [3.8, 4) is 11.1 Å². The van der Waals surface area contributed by atoms with Gasteiger partial charge in [0.2, 0.25) is 0 Å². The lowest BCUT2D eigenvalue weighted by Gasteiger charge is -2.25. The molecule has 1 aliphatic rings. The summed E-state index contributed by atoms with van der Waals surface area (Å²) in [5, 5.41) is 21.2. The van der Waals surface area contributed by atoms with Crippen LogP contribution in [0.15, 0.2) is 66.9 Å². The molecule has 0 amide bonds. The fourth-order valence-electron chi connectivity index (χ4n) is 5.65. The molecule has 9 heteroatoms. The highest BCUT2D eigenvalue weighted by Gasteiger charge is 2.20. The molecule has 1 aromatic carbocycles. The van der Waals surface area contributed by atoms with Crippen LogP contribution in [0.1, 0.15) is 48.3 Å². The number of fused-ring (bicyclic) bond motifs is 1. The van der Waals surface area contributed by atoms with E-state index in [4.69, 9.17) is 4.98 Å². The van der Waals surface area contributed by atoms with Crippen LogP contribution in [0.5, 0.6) is 0 Å². The molecule has 0 saturated heterocycles. The van der Waals surface area contributed by atoms with Gasteiger partial charge in [-0.2, -0.15) is 5.10 Å². The highest BCUT2D eigenvalue weighted by atomic mass is 16.4. The van der Waals surface area contributed by atoms with E-state index in [2.05, 4.69) is 50.7 Å². The second-order valence-electron chi connectivity index (χ2n) is 11.4. The van der Waals surface area contributed by atoms with Crippen LogP contribution in [0.2, 0.25) is 0 Å². The molecule has 0 bridgehead atoms. The molecular weight excluding hydrogens is 538 g/mol. The summed E-state index contributed by atoms with van der Waals surface area (Å²) in [6.45, 7) is 8.20. The third kappa shape index (κ3) is 8.64. The number of carboxylic acid groups (broad SMARTS) is 1. The quantitative estimate of drug-likeness (QED) is 0.156. The predicted octanol–water partition coefficient (Wildman–Crippen LogP) is 5.60. The van der Waals surface area contributed by atoms with Crippen LogP contribution in [-0.4, -0.2) is 67.9 Å². The second kappa shape index (κ2) is 14.8. The van der Waals surface area contributed by atoms with Gasteiger partial charge in [0, 0.05) is 42.8 Å². The van der Waals surface area contributed by atoms with Gasteiger partial charge in [-0.1, -0.05) is 36.4 Å². The van der Waals surface area contributed by atoms with Crippen molar-refractivity contribution < 1.29 is 9.90 Å². The molecule has 0 fully saturated rings. The summed E-state index contributed by atoms with van der Waals surface area (Å²) in [7, 11) is 0. The van der Waals surface area contributed by atoms with E-state index in [1.54, 1.807) is 6.20 Å². The van der Waals surface area contributed by atoms with Crippen LogP contribution >= 0.6 is 0 Å². The van der Waals surface area contributed by atoms with Gasteiger partial charge < -0.3 is 20.6 Å². The Kier molecular flexibility index (Phi) is 10.4. The van der Waals surface area contributed by atoms with Gasteiger partial charge in [0.15, 0.2) is 0 Å². The molecule has 1 atom stereocenters. The molecule has 43 heavy (non-hydrogen) atoms. The number of pyridine rings is 2. The van der Waals surface area contributed by atoms with Crippen LogP contribution in [-0.2, 0) is 24.2 Å². The third-order valence-electron chi connectivity index (χ3n) is 8.07. The summed E-state index contributed by atoms with van der Waals surface area (Å²) in [6, 6.07) is 19.6. The monoisotopic (exact) mass is 581 g/mol. The minimum atomic E-state index is -0.875. The highest BCUT2D eigenvalue weighted by molar-refractivity contribution is 5.77. The SMILES string of the molecule is Cc1cc(C)n(CCN(CCCCc2ccc3c(n2)NCCC3)CCC(Nc2ccc(-c3ccccc3)cn2)C(=O)O)n1. The van der Waals surface area contributed by atoms with Gasteiger partial charge in [-0.15, -0.1) is 0 Å². The Bertz CT molecular complexity index is 1470. The summed E-state index contributed by atoms with van der Waals surface area (Å²) in [4.78, 5) is 23.9. The van der Waals surface area contributed by atoms with Crippen molar-refractivity contribution in [2.75, 3.05) is 36.8 Å². The normalized spacial score (nSPS) is 13.4. The lowest BCUT2D eigenvalue weighted by atomic mass is 10.1. The van der Waals surface area contributed by atoms with E-state index in [1.807, 2.05) is 54.1 Å². The number of hydrogen-bond acceptors (Lipinski definition) is 7. The molecule has 0 spiro atoms. The third-order valence-corrected chi connectivity index (χ3v) is 8.07. The molecule has 5 rings (SSSR count). The molecule has 0 radical (unpaired) electrons. The van der Waals surface area contributed by atoms with Gasteiger partial charge in [0.05, 0.1) is 12.2 Å². The Hall–Kier alpha value is -4.24. The number of rotatable bonds is 15. The van der Waals surface area contributed by atoms with E-state index < -0.39 is 12.0 Å². The number of carbonyl (C=O) groups is 1. The molecule has 1 unspecified atom stereocenters. The van der Waals surface area contributed by atoms with Gasteiger partial charge in [0.25, 0.3) is 0 Å². The maximum absolute atomic E-state index is 12.2. The molecular formula is C34H43N7O2. The fraction of sp³-hybridized carbons (Fsp3) is 0.412. The van der Waals surface area contributed by atoms with E-state index >= 15 is 0 Å². The van der Waals surface area contributed by atoms with Crippen LogP contribution in [0, 0.1) is 13.8 Å². The summed E-state index contributed by atoms with van der Waals surface area (Å²) in [5.74, 6) is 0.736.